The van der Waals surface area contributed by atoms with Crippen molar-refractivity contribution in [2.45, 2.75) is 19.8 Å². The van der Waals surface area contributed by atoms with Gasteiger partial charge in [0.2, 0.25) is 5.91 Å². The number of carbonyl (C=O) groups is 1. The summed E-state index contributed by atoms with van der Waals surface area (Å²) < 4.78 is 0. The minimum atomic E-state index is 0.321. The highest BCUT2D eigenvalue weighted by Gasteiger charge is 2.20. The lowest BCUT2D eigenvalue weighted by Crippen LogP contribution is -2.46. The molecule has 0 saturated carbocycles. The van der Waals surface area contributed by atoms with Gasteiger partial charge in [0.1, 0.15) is 0 Å². The number of hydrogen-bond donors (Lipinski definition) is 0. The summed E-state index contributed by atoms with van der Waals surface area (Å²) in [6.07, 6.45) is 2.32. The van der Waals surface area contributed by atoms with Crippen LogP contribution in [0.4, 0.5) is 5.69 Å². The molecule has 5 heteroatoms. The Balaban J connectivity index is 1.34. The first-order chi connectivity index (χ1) is 11.2. The molecule has 126 valence electrons. The predicted octanol–water partition coefficient (Wildman–Crippen LogP) is 2.43. The molecule has 0 atom stereocenters. The van der Waals surface area contributed by atoms with Crippen molar-refractivity contribution in [2.75, 3.05) is 55.8 Å². The molecule has 2 saturated heterocycles. The highest BCUT2D eigenvalue weighted by Crippen LogP contribution is 2.18. The van der Waals surface area contributed by atoms with Gasteiger partial charge < -0.3 is 9.80 Å². The van der Waals surface area contributed by atoms with E-state index in [1.54, 1.807) is 11.8 Å². The Morgan fingerprint density at radius 1 is 1.09 bits per heavy atom. The second kappa shape index (κ2) is 8.06. The van der Waals surface area contributed by atoms with Crippen molar-refractivity contribution in [3.63, 3.8) is 0 Å². The average molecular weight is 334 g/mol. The molecule has 2 fully saturated rings. The third-order valence-electron chi connectivity index (χ3n) is 4.72. The van der Waals surface area contributed by atoms with E-state index in [9.17, 15) is 4.79 Å². The summed E-state index contributed by atoms with van der Waals surface area (Å²) in [7, 11) is 0. The van der Waals surface area contributed by atoms with Crippen LogP contribution in [-0.2, 0) is 4.79 Å². The monoisotopic (exact) mass is 333 g/mol. The highest BCUT2D eigenvalue weighted by atomic mass is 32.2. The zero-order valence-corrected chi connectivity index (χ0v) is 14.9. The van der Waals surface area contributed by atoms with Crippen LogP contribution in [0.2, 0.25) is 0 Å². The first-order valence-electron chi connectivity index (χ1n) is 8.62. The number of unbranched alkanes of at least 4 members (excludes halogenated alkanes) is 1. The van der Waals surface area contributed by atoms with E-state index in [4.69, 9.17) is 0 Å². The van der Waals surface area contributed by atoms with E-state index in [2.05, 4.69) is 41.0 Å². The lowest BCUT2D eigenvalue weighted by atomic mass is 10.2. The fourth-order valence-corrected chi connectivity index (χ4v) is 4.23. The smallest absolute Gasteiger partial charge is 0.233 e. The van der Waals surface area contributed by atoms with Gasteiger partial charge in [-0.1, -0.05) is 12.1 Å². The van der Waals surface area contributed by atoms with Crippen molar-refractivity contribution in [3.05, 3.63) is 29.8 Å². The van der Waals surface area contributed by atoms with Crippen LogP contribution < -0.4 is 4.90 Å². The van der Waals surface area contributed by atoms with Crippen LogP contribution in [0.5, 0.6) is 0 Å². The maximum absolute atomic E-state index is 11.6. The molecular weight excluding hydrogens is 306 g/mol. The quantitative estimate of drug-likeness (QED) is 0.747. The minimum Gasteiger partial charge on any atom is -0.369 e. The molecule has 1 aromatic carbocycles. The van der Waals surface area contributed by atoms with Crippen molar-refractivity contribution < 1.29 is 4.79 Å². The number of benzene rings is 1. The fraction of sp³-hybridized carbons (Fsp3) is 0.611. The molecule has 0 unspecified atom stereocenters. The van der Waals surface area contributed by atoms with Gasteiger partial charge in [0.25, 0.3) is 0 Å². The van der Waals surface area contributed by atoms with Crippen molar-refractivity contribution in [1.29, 1.82) is 0 Å². The molecule has 4 nitrogen and oxygen atoms in total. The van der Waals surface area contributed by atoms with E-state index in [1.807, 2.05) is 4.90 Å². The second-order valence-electron chi connectivity index (χ2n) is 6.51. The number of anilines is 1. The zero-order chi connectivity index (χ0) is 16.1. The van der Waals surface area contributed by atoms with E-state index in [1.165, 1.54) is 17.7 Å². The topological polar surface area (TPSA) is 26.8 Å². The molecule has 1 amide bonds. The Hall–Kier alpha value is -1.20. The Labute approximate surface area is 143 Å². The van der Waals surface area contributed by atoms with Gasteiger partial charge in [0, 0.05) is 38.4 Å². The summed E-state index contributed by atoms with van der Waals surface area (Å²) in [4.78, 5) is 18.6. The Bertz CT molecular complexity index is 529. The largest absolute Gasteiger partial charge is 0.369 e. The Kier molecular flexibility index (Phi) is 5.84. The molecule has 0 N–H and O–H groups in total. The number of hydrogen-bond acceptors (Lipinski definition) is 4. The average Bonchev–Trinajstić information content (AvgIpc) is 2.97. The van der Waals surface area contributed by atoms with E-state index in [-0.39, 0.29) is 0 Å². The summed E-state index contributed by atoms with van der Waals surface area (Å²) in [6, 6.07) is 8.80. The molecule has 23 heavy (non-hydrogen) atoms. The second-order valence-corrected chi connectivity index (χ2v) is 7.46. The number of piperazine rings is 1. The van der Waals surface area contributed by atoms with Crippen molar-refractivity contribution in [2.24, 2.45) is 0 Å². The molecule has 0 aliphatic carbocycles. The zero-order valence-electron chi connectivity index (χ0n) is 14.0. The number of rotatable bonds is 6. The van der Waals surface area contributed by atoms with Crippen LogP contribution in [0.1, 0.15) is 18.4 Å². The number of nitrogens with zero attached hydrogens (tertiary/aromatic N) is 3. The standard InChI is InChI=1S/C18H27N3OS/c1-16-5-4-6-17(13-16)20-11-9-19(10-12-20)7-2-3-8-21-15-23-14-18(21)22/h4-6,13H,2-3,7-12,14-15H2,1H3. The summed E-state index contributed by atoms with van der Waals surface area (Å²) in [5.41, 5.74) is 2.69. The molecule has 2 heterocycles. The number of thioether (sulfide) groups is 1. The number of carbonyl (C=O) groups excluding carboxylic acids is 1. The maximum Gasteiger partial charge on any atom is 0.233 e. The first kappa shape index (κ1) is 16.7. The molecule has 1 aromatic rings. The van der Waals surface area contributed by atoms with Crippen LogP contribution in [0.25, 0.3) is 0 Å². The molecule has 2 aliphatic rings. The molecule has 0 aromatic heterocycles. The van der Waals surface area contributed by atoms with Gasteiger partial charge >= 0.3 is 0 Å². The first-order valence-corrected chi connectivity index (χ1v) is 9.77. The van der Waals surface area contributed by atoms with Gasteiger partial charge in [-0.2, -0.15) is 0 Å². The molecule has 2 aliphatic heterocycles. The lowest BCUT2D eigenvalue weighted by Gasteiger charge is -2.36. The molecule has 0 spiro atoms. The van der Waals surface area contributed by atoms with Crippen LogP contribution in [0.15, 0.2) is 24.3 Å². The summed E-state index contributed by atoms with van der Waals surface area (Å²) in [5, 5.41) is 0. The lowest BCUT2D eigenvalue weighted by molar-refractivity contribution is -0.126. The van der Waals surface area contributed by atoms with E-state index >= 15 is 0 Å². The molecule has 3 rings (SSSR count). The van der Waals surface area contributed by atoms with Crippen LogP contribution in [0, 0.1) is 6.92 Å². The third-order valence-corrected chi connectivity index (χ3v) is 5.66. The molecular formula is C18H27N3OS. The van der Waals surface area contributed by atoms with E-state index < -0.39 is 0 Å². The Morgan fingerprint density at radius 2 is 1.87 bits per heavy atom. The van der Waals surface area contributed by atoms with Crippen molar-refractivity contribution in [1.82, 2.24) is 9.80 Å². The summed E-state index contributed by atoms with van der Waals surface area (Å²) >= 11 is 1.74. The van der Waals surface area contributed by atoms with Gasteiger partial charge in [0.15, 0.2) is 0 Å². The van der Waals surface area contributed by atoms with Gasteiger partial charge in [-0.05, 0) is 44.0 Å². The van der Waals surface area contributed by atoms with E-state index in [0.29, 0.717) is 11.7 Å². The van der Waals surface area contributed by atoms with Crippen LogP contribution in [-0.4, -0.2) is 66.6 Å². The predicted molar refractivity (Wildman–Crippen MR) is 98.1 cm³/mol. The normalized spacial score (nSPS) is 19.6. The maximum atomic E-state index is 11.6. The van der Waals surface area contributed by atoms with Crippen LogP contribution >= 0.6 is 11.8 Å². The minimum absolute atomic E-state index is 0.321. The van der Waals surface area contributed by atoms with Gasteiger partial charge in [-0.3, -0.25) is 9.69 Å². The number of amides is 1. The molecule has 0 radical (unpaired) electrons. The third kappa shape index (κ3) is 4.64. The SMILES string of the molecule is Cc1cccc(N2CCN(CCCCN3CSCC3=O)CC2)c1. The van der Waals surface area contributed by atoms with Gasteiger partial charge in [-0.25, -0.2) is 0 Å². The van der Waals surface area contributed by atoms with Crippen LogP contribution in [0.3, 0.4) is 0 Å². The van der Waals surface area contributed by atoms with Gasteiger partial charge in [-0.15, -0.1) is 11.8 Å². The Morgan fingerprint density at radius 3 is 2.57 bits per heavy atom. The van der Waals surface area contributed by atoms with Gasteiger partial charge in [0.05, 0.1) is 11.6 Å². The number of aryl methyl sites for hydroxylation is 1. The van der Waals surface area contributed by atoms with Crippen molar-refractivity contribution in [3.8, 4) is 0 Å². The highest BCUT2D eigenvalue weighted by molar-refractivity contribution is 8.00. The van der Waals surface area contributed by atoms with Crippen molar-refractivity contribution >= 4 is 23.4 Å². The van der Waals surface area contributed by atoms with E-state index in [0.717, 1.165) is 51.6 Å². The molecule has 0 bridgehead atoms. The summed E-state index contributed by atoms with van der Waals surface area (Å²) in [6.45, 7) is 8.78. The fourth-order valence-electron chi connectivity index (χ4n) is 3.29. The summed E-state index contributed by atoms with van der Waals surface area (Å²) in [5.74, 6) is 1.90.